The van der Waals surface area contributed by atoms with Crippen LogP contribution in [0, 0.1) is 0 Å². The van der Waals surface area contributed by atoms with Gasteiger partial charge in [-0.25, -0.2) is 14.6 Å². The van der Waals surface area contributed by atoms with Crippen LogP contribution < -0.4 is 9.47 Å². The smallest absolute Gasteiger partial charge is 0.231 e. The number of benzene rings is 1. The molecule has 0 fully saturated rings. The van der Waals surface area contributed by atoms with Gasteiger partial charge in [0.15, 0.2) is 11.5 Å². The zero-order valence-electron chi connectivity index (χ0n) is 11.0. The molecule has 7 nitrogen and oxygen atoms in total. The standard InChI is InChI=1S/C14H11N5O2/c1-2-13-14(21-9-20-13)3-10(1)6-19-7-12(17-18-19)11-4-15-8-16-5-11/h1-5,7-8H,6,9H2. The molecule has 1 aliphatic heterocycles. The number of hydrogen-bond donors (Lipinski definition) is 0. The summed E-state index contributed by atoms with van der Waals surface area (Å²) in [5.74, 6) is 1.55. The van der Waals surface area contributed by atoms with Crippen LogP contribution in [0.2, 0.25) is 0 Å². The molecule has 3 heterocycles. The van der Waals surface area contributed by atoms with E-state index in [-0.39, 0.29) is 6.79 Å². The van der Waals surface area contributed by atoms with Crippen molar-refractivity contribution in [2.45, 2.75) is 6.54 Å². The first-order chi connectivity index (χ1) is 10.4. The highest BCUT2D eigenvalue weighted by molar-refractivity contribution is 5.54. The van der Waals surface area contributed by atoms with E-state index in [1.807, 2.05) is 24.4 Å². The first-order valence-corrected chi connectivity index (χ1v) is 6.42. The Hall–Kier alpha value is -2.96. The maximum atomic E-state index is 5.37. The lowest BCUT2D eigenvalue weighted by molar-refractivity contribution is 0.174. The van der Waals surface area contributed by atoms with Crippen molar-refractivity contribution in [3.63, 3.8) is 0 Å². The van der Waals surface area contributed by atoms with Crippen LogP contribution in [0.25, 0.3) is 11.3 Å². The molecule has 0 spiro atoms. The molecule has 0 unspecified atom stereocenters. The van der Waals surface area contributed by atoms with Crippen molar-refractivity contribution in [2.24, 2.45) is 0 Å². The van der Waals surface area contributed by atoms with Crippen LogP contribution in [0.5, 0.6) is 11.5 Å². The van der Waals surface area contributed by atoms with E-state index in [1.165, 1.54) is 6.33 Å². The lowest BCUT2D eigenvalue weighted by Crippen LogP contribution is -2.00. The Bertz CT molecular complexity index is 772. The van der Waals surface area contributed by atoms with E-state index in [0.717, 1.165) is 28.3 Å². The predicted molar refractivity (Wildman–Crippen MR) is 72.7 cm³/mol. The Labute approximate surface area is 120 Å². The summed E-state index contributed by atoms with van der Waals surface area (Å²) in [6, 6.07) is 5.84. The van der Waals surface area contributed by atoms with Crippen LogP contribution >= 0.6 is 0 Å². The molecule has 1 aliphatic rings. The van der Waals surface area contributed by atoms with Crippen LogP contribution in [-0.2, 0) is 6.54 Å². The second-order valence-electron chi connectivity index (χ2n) is 4.62. The van der Waals surface area contributed by atoms with Crippen LogP contribution in [0.3, 0.4) is 0 Å². The van der Waals surface area contributed by atoms with E-state index in [1.54, 1.807) is 17.1 Å². The molecule has 1 aromatic carbocycles. The van der Waals surface area contributed by atoms with Crippen molar-refractivity contribution < 1.29 is 9.47 Å². The van der Waals surface area contributed by atoms with Gasteiger partial charge >= 0.3 is 0 Å². The lowest BCUT2D eigenvalue weighted by Gasteiger charge is -2.02. The van der Waals surface area contributed by atoms with Gasteiger partial charge in [0.1, 0.15) is 12.0 Å². The van der Waals surface area contributed by atoms with Crippen LogP contribution in [0.4, 0.5) is 0 Å². The number of rotatable bonds is 3. The van der Waals surface area contributed by atoms with Gasteiger partial charge in [0.2, 0.25) is 6.79 Å². The molecule has 0 amide bonds. The summed E-state index contributed by atoms with van der Waals surface area (Å²) in [6.07, 6.45) is 6.77. The van der Waals surface area contributed by atoms with Gasteiger partial charge in [-0.3, -0.25) is 0 Å². The summed E-state index contributed by atoms with van der Waals surface area (Å²) >= 11 is 0. The summed E-state index contributed by atoms with van der Waals surface area (Å²) < 4.78 is 12.4. The van der Waals surface area contributed by atoms with E-state index in [4.69, 9.17) is 9.47 Å². The molecule has 0 saturated carbocycles. The van der Waals surface area contributed by atoms with Crippen LogP contribution in [0.1, 0.15) is 5.56 Å². The predicted octanol–water partition coefficient (Wildman–Crippen LogP) is 1.51. The Morgan fingerprint density at radius 3 is 2.86 bits per heavy atom. The quantitative estimate of drug-likeness (QED) is 0.724. The molecule has 104 valence electrons. The van der Waals surface area contributed by atoms with Gasteiger partial charge in [0.25, 0.3) is 0 Å². The van der Waals surface area contributed by atoms with E-state index in [2.05, 4.69) is 20.3 Å². The lowest BCUT2D eigenvalue weighted by atomic mass is 10.2. The van der Waals surface area contributed by atoms with Gasteiger partial charge in [-0.15, -0.1) is 5.10 Å². The number of hydrogen-bond acceptors (Lipinski definition) is 6. The first kappa shape index (κ1) is 11.8. The molecular formula is C14H11N5O2. The molecule has 0 bridgehead atoms. The average Bonchev–Trinajstić information content (AvgIpc) is 3.17. The van der Waals surface area contributed by atoms with Crippen molar-refractivity contribution in [1.29, 1.82) is 0 Å². The molecule has 0 saturated heterocycles. The van der Waals surface area contributed by atoms with Gasteiger partial charge in [-0.05, 0) is 17.7 Å². The highest BCUT2D eigenvalue weighted by Crippen LogP contribution is 2.32. The van der Waals surface area contributed by atoms with Gasteiger partial charge in [-0.1, -0.05) is 11.3 Å². The fourth-order valence-electron chi connectivity index (χ4n) is 2.17. The molecule has 7 heteroatoms. The fraction of sp³-hybridized carbons (Fsp3) is 0.143. The van der Waals surface area contributed by atoms with Gasteiger partial charge in [0, 0.05) is 18.0 Å². The monoisotopic (exact) mass is 281 g/mol. The molecule has 21 heavy (non-hydrogen) atoms. The van der Waals surface area contributed by atoms with Crippen molar-refractivity contribution >= 4 is 0 Å². The Kier molecular flexibility index (Phi) is 2.74. The maximum Gasteiger partial charge on any atom is 0.231 e. The normalized spacial score (nSPS) is 12.6. The number of fused-ring (bicyclic) bond motifs is 1. The molecule has 0 radical (unpaired) electrons. The minimum Gasteiger partial charge on any atom is -0.454 e. The highest BCUT2D eigenvalue weighted by atomic mass is 16.7. The van der Waals surface area contributed by atoms with E-state index in [9.17, 15) is 0 Å². The molecule has 0 N–H and O–H groups in total. The van der Waals surface area contributed by atoms with E-state index in [0.29, 0.717) is 6.54 Å². The summed E-state index contributed by atoms with van der Waals surface area (Å²) in [5, 5.41) is 8.25. The molecular weight excluding hydrogens is 270 g/mol. The number of ether oxygens (including phenoxy) is 2. The van der Waals surface area contributed by atoms with E-state index >= 15 is 0 Å². The second-order valence-corrected chi connectivity index (χ2v) is 4.62. The Morgan fingerprint density at radius 1 is 1.10 bits per heavy atom. The minimum absolute atomic E-state index is 0.278. The van der Waals surface area contributed by atoms with Crippen molar-refractivity contribution in [3.8, 4) is 22.8 Å². The molecule has 3 aromatic rings. The average molecular weight is 281 g/mol. The number of nitrogens with zero attached hydrogens (tertiary/aromatic N) is 5. The maximum absolute atomic E-state index is 5.37. The van der Waals surface area contributed by atoms with Crippen LogP contribution in [-0.4, -0.2) is 31.8 Å². The Balaban J connectivity index is 1.57. The zero-order valence-corrected chi connectivity index (χ0v) is 11.0. The van der Waals surface area contributed by atoms with Crippen molar-refractivity contribution in [1.82, 2.24) is 25.0 Å². The molecule has 0 atom stereocenters. The third-order valence-electron chi connectivity index (χ3n) is 3.18. The highest BCUT2D eigenvalue weighted by Gasteiger charge is 2.13. The van der Waals surface area contributed by atoms with Gasteiger partial charge in [-0.2, -0.15) is 0 Å². The zero-order chi connectivity index (χ0) is 14.1. The van der Waals surface area contributed by atoms with Crippen LogP contribution in [0.15, 0.2) is 43.1 Å². The molecule has 2 aromatic heterocycles. The first-order valence-electron chi connectivity index (χ1n) is 6.42. The Morgan fingerprint density at radius 2 is 1.95 bits per heavy atom. The molecule has 0 aliphatic carbocycles. The van der Waals surface area contributed by atoms with Gasteiger partial charge in [0.05, 0.1) is 12.7 Å². The van der Waals surface area contributed by atoms with Crippen molar-refractivity contribution in [3.05, 3.63) is 48.7 Å². The third kappa shape index (κ3) is 2.29. The minimum atomic E-state index is 0.278. The topological polar surface area (TPSA) is 75.0 Å². The SMILES string of the molecule is c1ncc(-c2cn(Cc3ccc4c(c3)OCO4)nn2)cn1. The summed E-state index contributed by atoms with van der Waals surface area (Å²) in [6.45, 7) is 0.887. The largest absolute Gasteiger partial charge is 0.454 e. The summed E-state index contributed by atoms with van der Waals surface area (Å²) in [5.41, 5.74) is 2.66. The summed E-state index contributed by atoms with van der Waals surface area (Å²) in [4.78, 5) is 7.95. The number of aromatic nitrogens is 5. The van der Waals surface area contributed by atoms with Crippen molar-refractivity contribution in [2.75, 3.05) is 6.79 Å². The van der Waals surface area contributed by atoms with Gasteiger partial charge < -0.3 is 9.47 Å². The molecule has 4 rings (SSSR count). The van der Waals surface area contributed by atoms with E-state index < -0.39 is 0 Å². The fourth-order valence-corrected chi connectivity index (χ4v) is 2.17. The second kappa shape index (κ2) is 4.86. The third-order valence-corrected chi connectivity index (χ3v) is 3.18. The summed E-state index contributed by atoms with van der Waals surface area (Å²) in [7, 11) is 0.